The molecule has 1 saturated heterocycles. The summed E-state index contributed by atoms with van der Waals surface area (Å²) in [5, 5.41) is 23.0. The summed E-state index contributed by atoms with van der Waals surface area (Å²) in [6.07, 6.45) is 1.72. The van der Waals surface area contributed by atoms with Gasteiger partial charge < -0.3 is 29.5 Å². The molecule has 4 aromatic rings. The number of aliphatic hydroxyl groups is 1. The number of amides is 1. The van der Waals surface area contributed by atoms with Crippen LogP contribution < -0.4 is 19.9 Å². The second kappa shape index (κ2) is 10.4. The Morgan fingerprint density at radius 2 is 1.93 bits per heavy atom. The molecule has 2 aliphatic rings. The summed E-state index contributed by atoms with van der Waals surface area (Å²) in [4.78, 5) is 26.3. The Balaban J connectivity index is 1.16. The molecular weight excluding hydrogens is 506 g/mol. The van der Waals surface area contributed by atoms with Crippen molar-refractivity contribution in [3.05, 3.63) is 83.9 Å². The van der Waals surface area contributed by atoms with Crippen molar-refractivity contribution in [2.45, 2.75) is 19.1 Å². The number of anilines is 3. The van der Waals surface area contributed by atoms with Crippen molar-refractivity contribution in [3.63, 3.8) is 0 Å². The highest BCUT2D eigenvalue weighted by Crippen LogP contribution is 2.38. The average Bonchev–Trinajstić information content (AvgIpc) is 3.30. The molecule has 2 atom stereocenters. The predicted octanol–water partition coefficient (Wildman–Crippen LogP) is 3.42. The normalized spacial score (nSPS) is 16.8. The Labute approximate surface area is 232 Å². The lowest BCUT2D eigenvalue weighted by Gasteiger charge is -2.45. The van der Waals surface area contributed by atoms with Crippen LogP contribution in [-0.4, -0.2) is 57.8 Å². The Kier molecular flexibility index (Phi) is 6.58. The van der Waals surface area contributed by atoms with E-state index in [9.17, 15) is 9.90 Å². The van der Waals surface area contributed by atoms with Gasteiger partial charge in [0.1, 0.15) is 18.4 Å². The molecule has 6 rings (SSSR count). The van der Waals surface area contributed by atoms with Gasteiger partial charge in [-0.3, -0.25) is 4.79 Å². The average molecular weight is 536 g/mol. The topological polar surface area (TPSA) is 120 Å². The second-order valence-electron chi connectivity index (χ2n) is 10.1. The number of benzene rings is 2. The van der Waals surface area contributed by atoms with E-state index in [-0.39, 0.29) is 6.04 Å². The SMILES string of the molecule is Cc1cc(-c2ccccc2)c(C(O)C(=O)Nc2ccc3c(c2)OCC2CN(c4ncc(C#N)cn4)CCN32)n1C. The van der Waals surface area contributed by atoms with E-state index >= 15 is 0 Å². The maximum absolute atomic E-state index is 13.2. The molecule has 0 radical (unpaired) electrons. The number of nitrogens with one attached hydrogen (secondary N) is 1. The number of nitriles is 1. The smallest absolute Gasteiger partial charge is 0.259 e. The van der Waals surface area contributed by atoms with Gasteiger partial charge in [0.2, 0.25) is 5.95 Å². The Hall–Kier alpha value is -4.88. The van der Waals surface area contributed by atoms with E-state index < -0.39 is 12.0 Å². The summed E-state index contributed by atoms with van der Waals surface area (Å²) in [6.45, 7) is 4.60. The fraction of sp³-hybridized carbons (Fsp3) is 0.267. The van der Waals surface area contributed by atoms with Crippen molar-refractivity contribution < 1.29 is 14.6 Å². The van der Waals surface area contributed by atoms with Crippen molar-refractivity contribution in [1.82, 2.24) is 14.5 Å². The fourth-order valence-electron chi connectivity index (χ4n) is 5.43. The molecule has 202 valence electrons. The van der Waals surface area contributed by atoms with E-state index in [1.807, 2.05) is 73.1 Å². The molecule has 4 heterocycles. The van der Waals surface area contributed by atoms with Gasteiger partial charge in [-0.05, 0) is 30.7 Å². The highest BCUT2D eigenvalue weighted by Gasteiger charge is 2.34. The van der Waals surface area contributed by atoms with Gasteiger partial charge in [-0.15, -0.1) is 0 Å². The molecule has 2 aromatic heterocycles. The van der Waals surface area contributed by atoms with Crippen LogP contribution in [0.5, 0.6) is 5.75 Å². The van der Waals surface area contributed by atoms with Gasteiger partial charge in [-0.1, -0.05) is 30.3 Å². The van der Waals surface area contributed by atoms with Gasteiger partial charge in [0.15, 0.2) is 6.10 Å². The molecule has 2 unspecified atom stereocenters. The third-order valence-corrected chi connectivity index (χ3v) is 7.61. The van der Waals surface area contributed by atoms with Crippen LogP contribution in [0.25, 0.3) is 11.1 Å². The molecule has 1 amide bonds. The standard InChI is InChI=1S/C30H29N7O3/c1-19-12-24(21-6-4-3-5-7-21)27(35(19)2)28(38)29(39)34-22-8-9-25-26(13-22)40-18-23-17-36(10-11-37(23)25)30-32-15-20(14-31)16-33-30/h3-9,12-13,15-16,23,28,38H,10-11,17-18H2,1-2H3,(H,34,39). The minimum absolute atomic E-state index is 0.111. The first-order chi connectivity index (χ1) is 19.4. The molecule has 10 heteroatoms. The van der Waals surface area contributed by atoms with Crippen LogP contribution in [0.2, 0.25) is 0 Å². The molecule has 0 aliphatic carbocycles. The van der Waals surface area contributed by atoms with Crippen molar-refractivity contribution in [2.24, 2.45) is 7.05 Å². The Morgan fingerprint density at radius 1 is 1.15 bits per heavy atom. The molecule has 1 fully saturated rings. The van der Waals surface area contributed by atoms with E-state index in [1.54, 1.807) is 6.07 Å². The largest absolute Gasteiger partial charge is 0.489 e. The number of ether oxygens (including phenoxy) is 1. The van der Waals surface area contributed by atoms with Gasteiger partial charge in [0, 0.05) is 49.7 Å². The fourth-order valence-corrected chi connectivity index (χ4v) is 5.43. The maximum Gasteiger partial charge on any atom is 0.259 e. The third-order valence-electron chi connectivity index (χ3n) is 7.61. The number of aliphatic hydroxyl groups excluding tert-OH is 1. The Morgan fingerprint density at radius 3 is 2.67 bits per heavy atom. The summed E-state index contributed by atoms with van der Waals surface area (Å²) in [5.41, 5.74) is 5.20. The summed E-state index contributed by atoms with van der Waals surface area (Å²) in [6, 6.07) is 19.5. The number of hydrogen-bond acceptors (Lipinski definition) is 8. The number of aromatic nitrogens is 3. The van der Waals surface area contributed by atoms with Crippen LogP contribution in [0.3, 0.4) is 0 Å². The minimum Gasteiger partial charge on any atom is -0.489 e. The Bertz CT molecular complexity index is 1590. The van der Waals surface area contributed by atoms with E-state index in [1.165, 1.54) is 12.4 Å². The first kappa shape index (κ1) is 25.4. The molecule has 2 aromatic carbocycles. The highest BCUT2D eigenvalue weighted by atomic mass is 16.5. The first-order valence-corrected chi connectivity index (χ1v) is 13.1. The van der Waals surface area contributed by atoms with Crippen LogP contribution >= 0.6 is 0 Å². The van der Waals surface area contributed by atoms with Gasteiger partial charge in [0.05, 0.1) is 35.4 Å². The van der Waals surface area contributed by atoms with E-state index in [4.69, 9.17) is 10.00 Å². The molecule has 40 heavy (non-hydrogen) atoms. The summed E-state index contributed by atoms with van der Waals surface area (Å²) in [7, 11) is 1.85. The number of carbonyl (C=O) groups is 1. The van der Waals surface area contributed by atoms with Crippen molar-refractivity contribution in [3.8, 4) is 22.9 Å². The monoisotopic (exact) mass is 535 g/mol. The zero-order valence-corrected chi connectivity index (χ0v) is 22.3. The minimum atomic E-state index is -1.35. The summed E-state index contributed by atoms with van der Waals surface area (Å²) >= 11 is 0. The zero-order valence-electron chi connectivity index (χ0n) is 22.3. The lowest BCUT2D eigenvalue weighted by atomic mass is 10.0. The highest BCUT2D eigenvalue weighted by molar-refractivity contribution is 5.96. The van der Waals surface area contributed by atoms with Crippen LogP contribution in [0.1, 0.15) is 23.1 Å². The number of piperazine rings is 1. The van der Waals surface area contributed by atoms with Gasteiger partial charge in [0.25, 0.3) is 5.91 Å². The van der Waals surface area contributed by atoms with E-state index in [0.29, 0.717) is 41.8 Å². The molecule has 0 bridgehead atoms. The van der Waals surface area contributed by atoms with E-state index in [2.05, 4.69) is 25.1 Å². The molecular formula is C30H29N7O3. The maximum atomic E-state index is 13.2. The van der Waals surface area contributed by atoms with Crippen LogP contribution in [0, 0.1) is 18.3 Å². The molecule has 0 spiro atoms. The lowest BCUT2D eigenvalue weighted by Crippen LogP contribution is -2.57. The lowest BCUT2D eigenvalue weighted by molar-refractivity contribution is -0.124. The summed E-state index contributed by atoms with van der Waals surface area (Å²) in [5.74, 6) is 0.777. The second-order valence-corrected chi connectivity index (χ2v) is 10.1. The molecule has 2 N–H and O–H groups in total. The van der Waals surface area contributed by atoms with Gasteiger partial charge in [-0.2, -0.15) is 5.26 Å². The number of nitrogens with zero attached hydrogens (tertiary/aromatic N) is 6. The number of carbonyl (C=O) groups excluding carboxylic acids is 1. The number of aryl methyl sites for hydroxylation is 1. The van der Waals surface area contributed by atoms with E-state index in [0.717, 1.165) is 35.6 Å². The van der Waals surface area contributed by atoms with Crippen LogP contribution in [0.4, 0.5) is 17.3 Å². The number of rotatable bonds is 5. The van der Waals surface area contributed by atoms with Gasteiger partial charge in [-0.25, -0.2) is 9.97 Å². The van der Waals surface area contributed by atoms with Crippen molar-refractivity contribution in [2.75, 3.05) is 41.4 Å². The van der Waals surface area contributed by atoms with Crippen molar-refractivity contribution >= 4 is 23.2 Å². The molecule has 2 aliphatic heterocycles. The zero-order chi connectivity index (χ0) is 27.8. The molecule has 10 nitrogen and oxygen atoms in total. The predicted molar refractivity (Wildman–Crippen MR) is 151 cm³/mol. The number of fused-ring (bicyclic) bond motifs is 3. The summed E-state index contributed by atoms with van der Waals surface area (Å²) < 4.78 is 7.96. The quantitative estimate of drug-likeness (QED) is 0.399. The van der Waals surface area contributed by atoms with Crippen LogP contribution in [0.15, 0.2) is 67.0 Å². The van der Waals surface area contributed by atoms with Crippen LogP contribution in [-0.2, 0) is 11.8 Å². The third kappa shape index (κ3) is 4.61. The molecule has 0 saturated carbocycles. The van der Waals surface area contributed by atoms with Crippen molar-refractivity contribution in [1.29, 1.82) is 5.26 Å². The van der Waals surface area contributed by atoms with Gasteiger partial charge >= 0.3 is 0 Å². The first-order valence-electron chi connectivity index (χ1n) is 13.1. The number of hydrogen-bond donors (Lipinski definition) is 2.